The van der Waals surface area contributed by atoms with E-state index < -0.39 is 0 Å². The molecular formula is C11H16ClN3. The summed E-state index contributed by atoms with van der Waals surface area (Å²) in [5.41, 5.74) is 2.10. The fraction of sp³-hybridized carbons (Fsp3) is 0.545. The van der Waals surface area contributed by atoms with E-state index in [1.54, 1.807) is 0 Å². The Hall–Kier alpha value is -0.640. The zero-order chi connectivity index (χ0) is 10.7. The Morgan fingerprint density at radius 2 is 2.13 bits per heavy atom. The van der Waals surface area contributed by atoms with Crippen molar-refractivity contribution in [2.24, 2.45) is 0 Å². The number of aromatic nitrogens is 1. The minimum Gasteiger partial charge on any atom is -0.314 e. The molecule has 1 aromatic heterocycles. The largest absolute Gasteiger partial charge is 0.314 e. The van der Waals surface area contributed by atoms with Gasteiger partial charge in [-0.1, -0.05) is 17.7 Å². The molecule has 1 saturated heterocycles. The molecule has 0 amide bonds. The Bertz CT molecular complexity index is 335. The van der Waals surface area contributed by atoms with Gasteiger partial charge in [0.25, 0.3) is 0 Å². The molecule has 15 heavy (non-hydrogen) atoms. The Labute approximate surface area is 95.4 Å². The third kappa shape index (κ3) is 2.91. The number of nitrogens with one attached hydrogen (secondary N) is 1. The van der Waals surface area contributed by atoms with E-state index in [2.05, 4.69) is 21.3 Å². The third-order valence-electron chi connectivity index (χ3n) is 2.69. The van der Waals surface area contributed by atoms with E-state index in [1.165, 1.54) is 0 Å². The average molecular weight is 226 g/mol. The van der Waals surface area contributed by atoms with Gasteiger partial charge in [-0.3, -0.25) is 4.90 Å². The lowest BCUT2D eigenvalue weighted by atomic mass is 10.2. The van der Waals surface area contributed by atoms with Crippen molar-refractivity contribution in [3.05, 3.63) is 28.5 Å². The molecule has 0 atom stereocenters. The number of halogens is 1. The predicted molar refractivity (Wildman–Crippen MR) is 62.1 cm³/mol. The lowest BCUT2D eigenvalue weighted by molar-refractivity contribution is 0.231. The lowest BCUT2D eigenvalue weighted by Crippen LogP contribution is -2.43. The first-order valence-electron chi connectivity index (χ1n) is 5.31. The monoisotopic (exact) mass is 225 g/mol. The molecule has 0 saturated carbocycles. The van der Waals surface area contributed by atoms with Gasteiger partial charge < -0.3 is 5.32 Å². The van der Waals surface area contributed by atoms with Gasteiger partial charge in [0.1, 0.15) is 5.15 Å². The summed E-state index contributed by atoms with van der Waals surface area (Å²) in [4.78, 5) is 6.76. The average Bonchev–Trinajstić information content (AvgIpc) is 2.25. The van der Waals surface area contributed by atoms with Crippen molar-refractivity contribution in [1.82, 2.24) is 15.2 Å². The molecule has 2 rings (SSSR count). The summed E-state index contributed by atoms with van der Waals surface area (Å²) in [7, 11) is 0. The van der Waals surface area contributed by atoms with Crippen molar-refractivity contribution in [3.63, 3.8) is 0 Å². The van der Waals surface area contributed by atoms with Crippen LogP contribution in [0, 0.1) is 6.92 Å². The van der Waals surface area contributed by atoms with E-state index in [4.69, 9.17) is 11.6 Å². The third-order valence-corrected chi connectivity index (χ3v) is 3.07. The van der Waals surface area contributed by atoms with Crippen molar-refractivity contribution >= 4 is 11.6 Å². The molecular weight excluding hydrogens is 210 g/mol. The van der Waals surface area contributed by atoms with Crippen LogP contribution >= 0.6 is 11.6 Å². The Balaban J connectivity index is 2.00. The molecule has 1 N–H and O–H groups in total. The van der Waals surface area contributed by atoms with Crippen LogP contribution in [-0.2, 0) is 6.54 Å². The maximum Gasteiger partial charge on any atom is 0.132 e. The molecule has 1 aliphatic rings. The number of nitrogens with zero attached hydrogens (tertiary/aromatic N) is 2. The number of piperazine rings is 1. The van der Waals surface area contributed by atoms with E-state index in [9.17, 15) is 0 Å². The van der Waals surface area contributed by atoms with Gasteiger partial charge in [0.2, 0.25) is 0 Å². The summed E-state index contributed by atoms with van der Waals surface area (Å²) >= 11 is 5.99. The number of hydrogen-bond acceptors (Lipinski definition) is 3. The van der Waals surface area contributed by atoms with E-state index in [0.29, 0.717) is 5.15 Å². The highest BCUT2D eigenvalue weighted by atomic mass is 35.5. The van der Waals surface area contributed by atoms with Gasteiger partial charge >= 0.3 is 0 Å². The van der Waals surface area contributed by atoms with E-state index in [-0.39, 0.29) is 0 Å². The van der Waals surface area contributed by atoms with Crippen molar-refractivity contribution < 1.29 is 0 Å². The number of pyridine rings is 1. The number of hydrogen-bond donors (Lipinski definition) is 1. The Kier molecular flexibility index (Phi) is 3.57. The van der Waals surface area contributed by atoms with Crippen LogP contribution in [0.3, 0.4) is 0 Å². The van der Waals surface area contributed by atoms with Gasteiger partial charge in [-0.25, -0.2) is 4.98 Å². The summed E-state index contributed by atoms with van der Waals surface area (Å²) in [5, 5.41) is 3.96. The maximum atomic E-state index is 5.99. The Morgan fingerprint density at radius 3 is 2.80 bits per heavy atom. The molecule has 2 heterocycles. The summed E-state index contributed by atoms with van der Waals surface area (Å²) in [6.07, 6.45) is 0. The van der Waals surface area contributed by atoms with Crippen molar-refractivity contribution in [3.8, 4) is 0 Å². The van der Waals surface area contributed by atoms with Gasteiger partial charge in [0, 0.05) is 32.7 Å². The molecule has 3 nitrogen and oxygen atoms in total. The summed E-state index contributed by atoms with van der Waals surface area (Å²) in [5.74, 6) is 0. The normalized spacial score (nSPS) is 18.0. The van der Waals surface area contributed by atoms with Crippen LogP contribution in [-0.4, -0.2) is 36.1 Å². The van der Waals surface area contributed by atoms with Crippen molar-refractivity contribution in [2.75, 3.05) is 26.2 Å². The number of rotatable bonds is 2. The first-order valence-corrected chi connectivity index (χ1v) is 5.68. The van der Waals surface area contributed by atoms with Crippen LogP contribution in [0.4, 0.5) is 0 Å². The molecule has 0 aliphatic carbocycles. The maximum absolute atomic E-state index is 5.99. The summed E-state index contributed by atoms with van der Waals surface area (Å²) in [6.45, 7) is 7.20. The summed E-state index contributed by atoms with van der Waals surface area (Å²) < 4.78 is 0. The van der Waals surface area contributed by atoms with E-state index in [0.717, 1.165) is 44.0 Å². The minimum absolute atomic E-state index is 0.627. The quantitative estimate of drug-likeness (QED) is 0.773. The molecule has 0 spiro atoms. The van der Waals surface area contributed by atoms with Crippen LogP contribution < -0.4 is 5.32 Å². The SMILES string of the molecule is Cc1ccc(CN2CCNCC2)nc1Cl. The van der Waals surface area contributed by atoms with Crippen LogP contribution in [0.15, 0.2) is 12.1 Å². The van der Waals surface area contributed by atoms with Gasteiger partial charge in [-0.05, 0) is 18.6 Å². The fourth-order valence-electron chi connectivity index (χ4n) is 1.73. The first kappa shape index (κ1) is 10.9. The van der Waals surface area contributed by atoms with Crippen LogP contribution in [0.5, 0.6) is 0 Å². The van der Waals surface area contributed by atoms with Gasteiger partial charge in [0.15, 0.2) is 0 Å². The highest BCUT2D eigenvalue weighted by molar-refractivity contribution is 6.30. The second kappa shape index (κ2) is 4.92. The highest BCUT2D eigenvalue weighted by Crippen LogP contribution is 2.13. The van der Waals surface area contributed by atoms with Crippen LogP contribution in [0.2, 0.25) is 5.15 Å². The lowest BCUT2D eigenvalue weighted by Gasteiger charge is -2.26. The van der Waals surface area contributed by atoms with E-state index in [1.807, 2.05) is 13.0 Å². The molecule has 82 valence electrons. The molecule has 1 aliphatic heterocycles. The second-order valence-corrected chi connectivity index (χ2v) is 4.29. The standard InChI is InChI=1S/C11H16ClN3/c1-9-2-3-10(14-11(9)12)8-15-6-4-13-5-7-15/h2-3,13H,4-8H2,1H3. The zero-order valence-electron chi connectivity index (χ0n) is 8.96. The van der Waals surface area contributed by atoms with Crippen LogP contribution in [0.25, 0.3) is 0 Å². The predicted octanol–water partition coefficient (Wildman–Crippen LogP) is 1.45. The number of aryl methyl sites for hydroxylation is 1. The molecule has 1 fully saturated rings. The van der Waals surface area contributed by atoms with Crippen LogP contribution in [0.1, 0.15) is 11.3 Å². The molecule has 0 radical (unpaired) electrons. The van der Waals surface area contributed by atoms with Gasteiger partial charge in [0.05, 0.1) is 5.69 Å². The van der Waals surface area contributed by atoms with Crippen molar-refractivity contribution in [2.45, 2.75) is 13.5 Å². The fourth-order valence-corrected chi connectivity index (χ4v) is 1.90. The van der Waals surface area contributed by atoms with Gasteiger partial charge in [-0.2, -0.15) is 0 Å². The first-order chi connectivity index (χ1) is 7.25. The molecule has 0 aromatic carbocycles. The molecule has 4 heteroatoms. The molecule has 1 aromatic rings. The summed E-state index contributed by atoms with van der Waals surface area (Å²) in [6, 6.07) is 4.09. The van der Waals surface area contributed by atoms with Crippen molar-refractivity contribution in [1.29, 1.82) is 0 Å². The van der Waals surface area contributed by atoms with E-state index >= 15 is 0 Å². The topological polar surface area (TPSA) is 28.2 Å². The smallest absolute Gasteiger partial charge is 0.132 e. The second-order valence-electron chi connectivity index (χ2n) is 3.94. The van der Waals surface area contributed by atoms with Gasteiger partial charge in [-0.15, -0.1) is 0 Å². The Morgan fingerprint density at radius 1 is 1.40 bits per heavy atom. The zero-order valence-corrected chi connectivity index (χ0v) is 9.72. The minimum atomic E-state index is 0.627. The molecule has 0 bridgehead atoms. The highest BCUT2D eigenvalue weighted by Gasteiger charge is 2.10. The molecule has 0 unspecified atom stereocenters.